The molecule has 0 spiro atoms. The van der Waals surface area contributed by atoms with Gasteiger partial charge in [-0.1, -0.05) is 13.8 Å². The van der Waals surface area contributed by atoms with Crippen LogP contribution in [-0.4, -0.2) is 72.3 Å². The van der Waals surface area contributed by atoms with E-state index in [1.54, 1.807) is 0 Å². The van der Waals surface area contributed by atoms with Gasteiger partial charge in [-0.2, -0.15) is 30.0 Å². The number of hydrogen-bond acceptors (Lipinski definition) is 10. The zero-order valence-corrected chi connectivity index (χ0v) is 27.8. The lowest BCUT2D eigenvalue weighted by Gasteiger charge is -2.39. The van der Waals surface area contributed by atoms with Crippen LogP contribution in [0, 0.1) is 0 Å². The van der Waals surface area contributed by atoms with Gasteiger partial charge in [0.05, 0.1) is 34.4 Å². The number of imide groups is 1. The molecular weight excluding hydrogens is 706 g/mol. The molecule has 0 saturated carbocycles. The minimum Gasteiger partial charge on any atom is -0.322 e. The lowest BCUT2D eigenvalue weighted by atomic mass is 9.69. The Hall–Kier alpha value is -4.38. The van der Waals surface area contributed by atoms with Gasteiger partial charge in [-0.25, -0.2) is 27.6 Å². The van der Waals surface area contributed by atoms with Crippen LogP contribution in [0.3, 0.4) is 0 Å². The number of halogens is 3. The van der Waals surface area contributed by atoms with Crippen molar-refractivity contribution >= 4 is 59.3 Å². The second-order valence-electron chi connectivity index (χ2n) is 10.4. The second kappa shape index (κ2) is 12.9. The van der Waals surface area contributed by atoms with E-state index in [0.29, 0.717) is 17.0 Å². The molecule has 4 rings (SSSR count). The van der Waals surface area contributed by atoms with Crippen molar-refractivity contribution in [3.05, 3.63) is 72.3 Å². The van der Waals surface area contributed by atoms with Gasteiger partial charge in [-0.15, -0.1) is 0 Å². The van der Waals surface area contributed by atoms with Crippen molar-refractivity contribution in [1.82, 2.24) is 24.7 Å². The first-order valence-electron chi connectivity index (χ1n) is 13.6. The topological polar surface area (TPSA) is 226 Å². The molecule has 16 nitrogen and oxygen atoms in total. The van der Waals surface area contributed by atoms with Crippen molar-refractivity contribution in [3.63, 3.8) is 0 Å². The first-order chi connectivity index (χ1) is 22.2. The molecule has 1 aliphatic rings. The number of nitrogens with zero attached hydrogens (tertiary/aromatic N) is 3. The predicted octanol–water partition coefficient (Wildman–Crippen LogP) is 1.92. The monoisotopic (exact) mass is 734 g/mol. The summed E-state index contributed by atoms with van der Waals surface area (Å²) in [6.07, 6.45) is 4.94. The normalized spacial score (nSPS) is 18.7. The number of hydrogen-bond donors (Lipinski definition) is 5. The number of benzene rings is 1. The van der Waals surface area contributed by atoms with Crippen molar-refractivity contribution in [1.29, 1.82) is 0 Å². The van der Waals surface area contributed by atoms with Crippen LogP contribution >= 0.6 is 0 Å². The van der Waals surface area contributed by atoms with Gasteiger partial charge in [0, 0.05) is 38.3 Å². The Balaban J connectivity index is 1.92. The van der Waals surface area contributed by atoms with Crippen LogP contribution in [-0.2, 0) is 35.1 Å². The van der Waals surface area contributed by atoms with Crippen molar-refractivity contribution in [2.45, 2.75) is 41.6 Å². The number of carbonyl (C=O) groups excluding carboxylic acids is 2. The first-order valence-corrected chi connectivity index (χ1v) is 18.1. The Morgan fingerprint density at radius 2 is 1.21 bits per heavy atom. The summed E-state index contributed by atoms with van der Waals surface area (Å²) in [6, 6.07) is 4.59. The summed E-state index contributed by atoms with van der Waals surface area (Å²) in [7, 11) is -11.7. The van der Waals surface area contributed by atoms with Gasteiger partial charge in [0.2, 0.25) is 0 Å². The smallest absolute Gasteiger partial charge is 0.322 e. The molecule has 0 radical (unpaired) electrons. The maximum absolute atomic E-state index is 14.6. The third-order valence-electron chi connectivity index (χ3n) is 7.82. The third kappa shape index (κ3) is 6.65. The minimum atomic E-state index is -5.75. The van der Waals surface area contributed by atoms with E-state index in [4.69, 9.17) is 0 Å². The van der Waals surface area contributed by atoms with Gasteiger partial charge >= 0.3 is 11.5 Å². The Kier molecular flexibility index (Phi) is 9.81. The number of rotatable bonds is 12. The highest BCUT2D eigenvalue weighted by molar-refractivity contribution is 7.92. The molecule has 0 aliphatic carbocycles. The third-order valence-corrected chi connectivity index (χ3v) is 11.4. The number of urea groups is 1. The molecule has 1 saturated heterocycles. The Bertz CT molecular complexity index is 1980. The Morgan fingerprint density at radius 1 is 0.771 bits per heavy atom. The molecule has 2 aromatic heterocycles. The van der Waals surface area contributed by atoms with E-state index < -0.39 is 70.0 Å². The van der Waals surface area contributed by atoms with E-state index in [2.05, 4.69) is 34.2 Å². The highest BCUT2D eigenvalue weighted by Crippen LogP contribution is 2.47. The molecule has 1 aromatic carbocycles. The lowest BCUT2D eigenvalue weighted by molar-refractivity contribution is -0.123. The molecule has 3 aromatic rings. The van der Waals surface area contributed by atoms with E-state index in [1.165, 1.54) is 38.4 Å². The van der Waals surface area contributed by atoms with Crippen LogP contribution in [0.25, 0.3) is 0 Å². The van der Waals surface area contributed by atoms with Crippen molar-refractivity contribution < 1.29 is 48.0 Å². The zero-order valence-electron chi connectivity index (χ0n) is 25.4. The van der Waals surface area contributed by atoms with Crippen LogP contribution in [0.4, 0.5) is 35.0 Å². The number of pyridine rings is 2. The molecule has 5 N–H and O–H groups in total. The van der Waals surface area contributed by atoms with Crippen molar-refractivity contribution in [2.75, 3.05) is 28.4 Å². The number of carbonyl (C=O) groups is 2. The zero-order chi connectivity index (χ0) is 35.9. The lowest BCUT2D eigenvalue weighted by Crippen LogP contribution is -2.55. The Morgan fingerprint density at radius 3 is 1.60 bits per heavy atom. The number of amides is 3. The van der Waals surface area contributed by atoms with Crippen molar-refractivity contribution in [2.24, 2.45) is 0 Å². The van der Waals surface area contributed by atoms with Gasteiger partial charge < -0.3 is 5.32 Å². The summed E-state index contributed by atoms with van der Waals surface area (Å²) in [4.78, 5) is 35.6. The average Bonchev–Trinajstić information content (AvgIpc) is 3.30. The molecule has 22 heteroatoms. The fourth-order valence-corrected chi connectivity index (χ4v) is 7.17. The number of alkyl halides is 3. The molecule has 1 fully saturated rings. The van der Waals surface area contributed by atoms with E-state index in [0.717, 1.165) is 38.6 Å². The quantitative estimate of drug-likeness (QED) is 0.170. The molecule has 48 heavy (non-hydrogen) atoms. The van der Waals surface area contributed by atoms with Crippen molar-refractivity contribution in [3.8, 4) is 0 Å². The minimum absolute atomic E-state index is 0.0843. The van der Waals surface area contributed by atoms with E-state index in [9.17, 15) is 48.0 Å². The summed E-state index contributed by atoms with van der Waals surface area (Å²) in [5.41, 5.74) is -7.82. The molecule has 2 atom stereocenters. The SMILES string of the molecule is CNS(=O)(=O)Nc1cnccc1C(C)C1(C(C)c2ccncc2NS(=O)(=O)NC)NC(=O)N(c2ccc(S(=O)(=O)C(F)(F)F)cc2)C1=O. The maximum atomic E-state index is 14.6. The Labute approximate surface area is 273 Å². The number of anilines is 3. The molecule has 260 valence electrons. The van der Waals surface area contributed by atoms with Crippen LogP contribution in [0.2, 0.25) is 0 Å². The van der Waals surface area contributed by atoms with E-state index >= 15 is 0 Å². The van der Waals surface area contributed by atoms with E-state index in [-0.39, 0.29) is 28.2 Å². The predicted molar refractivity (Wildman–Crippen MR) is 167 cm³/mol. The summed E-state index contributed by atoms with van der Waals surface area (Å²) in [6.45, 7) is 2.98. The van der Waals surface area contributed by atoms with Gasteiger partial charge in [0.1, 0.15) is 5.54 Å². The molecule has 3 amide bonds. The number of sulfone groups is 1. The van der Waals surface area contributed by atoms with Gasteiger partial charge in [-0.3, -0.25) is 24.2 Å². The highest BCUT2D eigenvalue weighted by atomic mass is 32.2. The van der Waals surface area contributed by atoms with Gasteiger partial charge in [-0.05, 0) is 47.5 Å². The highest BCUT2D eigenvalue weighted by Gasteiger charge is 2.59. The average molecular weight is 735 g/mol. The summed E-state index contributed by atoms with van der Waals surface area (Å²) in [5.74, 6) is -3.27. The standard InChI is InChI=1S/C26H29F3N8O8S3/c1-15(19-9-11-32-13-21(19)35-47(42,43)30-3)25(16(2)20-10-12-33-14-22(20)36-48(44,45)31-4)23(38)37(24(39)34-25)17-5-7-18(8-6-17)46(40,41)26(27,28)29/h5-16,30-31,35-36H,1-4H3,(H,34,39). The van der Waals surface area contributed by atoms with Crippen LogP contribution in [0.15, 0.2) is 66.1 Å². The van der Waals surface area contributed by atoms with Crippen LogP contribution < -0.4 is 29.1 Å². The molecule has 2 unspecified atom stereocenters. The second-order valence-corrected chi connectivity index (χ2v) is 15.6. The fourth-order valence-electron chi connectivity index (χ4n) is 5.29. The number of aromatic nitrogens is 2. The number of nitrogens with one attached hydrogen (secondary N) is 5. The van der Waals surface area contributed by atoms with E-state index in [1.807, 2.05) is 0 Å². The maximum Gasteiger partial charge on any atom is 0.501 e. The molecule has 0 bridgehead atoms. The first kappa shape index (κ1) is 36.5. The van der Waals surface area contributed by atoms with Gasteiger partial charge in [0.15, 0.2) is 0 Å². The largest absolute Gasteiger partial charge is 0.501 e. The molecule has 1 aliphatic heterocycles. The van der Waals surface area contributed by atoms with Gasteiger partial charge in [0.25, 0.3) is 36.2 Å². The summed E-state index contributed by atoms with van der Waals surface area (Å²) < 4.78 is 122. The van der Waals surface area contributed by atoms with Crippen LogP contribution in [0.1, 0.15) is 36.8 Å². The van der Waals surface area contributed by atoms with Crippen LogP contribution in [0.5, 0.6) is 0 Å². The molecular formula is C26H29F3N8O8S3. The summed E-state index contributed by atoms with van der Waals surface area (Å²) >= 11 is 0. The summed E-state index contributed by atoms with van der Waals surface area (Å²) in [5, 5.41) is 2.65. The fraction of sp³-hybridized carbons (Fsp3) is 0.308. The molecule has 3 heterocycles.